The lowest BCUT2D eigenvalue weighted by Crippen LogP contribution is -2.29. The van der Waals surface area contributed by atoms with Crippen molar-refractivity contribution in [3.8, 4) is 0 Å². The Hall–Kier alpha value is -1.97. The van der Waals surface area contributed by atoms with Gasteiger partial charge in [-0.25, -0.2) is 17.5 Å². The summed E-state index contributed by atoms with van der Waals surface area (Å²) in [6.07, 6.45) is 4.05. The van der Waals surface area contributed by atoms with Crippen molar-refractivity contribution in [2.24, 2.45) is 0 Å². The van der Waals surface area contributed by atoms with E-state index in [0.29, 0.717) is 12.4 Å². The molecular formula is C16H19ClFN5O2S. The van der Waals surface area contributed by atoms with Crippen LogP contribution in [-0.2, 0) is 10.0 Å². The van der Waals surface area contributed by atoms with E-state index in [1.165, 1.54) is 18.9 Å². The first-order valence-electron chi connectivity index (χ1n) is 8.22. The highest BCUT2D eigenvalue weighted by molar-refractivity contribution is 7.89. The molecule has 0 spiro atoms. The van der Waals surface area contributed by atoms with Crippen molar-refractivity contribution < 1.29 is 12.8 Å². The van der Waals surface area contributed by atoms with E-state index in [9.17, 15) is 12.8 Å². The van der Waals surface area contributed by atoms with Crippen molar-refractivity contribution in [1.82, 2.24) is 14.9 Å². The maximum absolute atomic E-state index is 13.2. The Morgan fingerprint density at radius 1 is 1.19 bits per heavy atom. The minimum atomic E-state index is -3.76. The van der Waals surface area contributed by atoms with Gasteiger partial charge in [-0.15, -0.1) is 5.10 Å². The fourth-order valence-corrected chi connectivity index (χ4v) is 4.00. The number of halogens is 2. The highest BCUT2D eigenvalue weighted by Gasteiger charge is 2.16. The van der Waals surface area contributed by atoms with Crippen LogP contribution >= 0.6 is 11.6 Å². The van der Waals surface area contributed by atoms with Crippen molar-refractivity contribution in [1.29, 1.82) is 0 Å². The molecule has 140 valence electrons. The van der Waals surface area contributed by atoms with Gasteiger partial charge in [-0.1, -0.05) is 11.6 Å². The maximum atomic E-state index is 13.2. The number of nitrogens with one attached hydrogen (secondary N) is 2. The van der Waals surface area contributed by atoms with Gasteiger partial charge in [0.15, 0.2) is 5.82 Å². The Labute approximate surface area is 156 Å². The van der Waals surface area contributed by atoms with Crippen LogP contribution in [0.1, 0.15) is 12.8 Å². The molecule has 0 unspecified atom stereocenters. The average Bonchev–Trinajstić information content (AvgIpc) is 3.16. The van der Waals surface area contributed by atoms with Crippen molar-refractivity contribution >= 4 is 33.1 Å². The number of hydrogen-bond acceptors (Lipinski definition) is 6. The molecule has 1 fully saturated rings. The Morgan fingerprint density at radius 2 is 1.96 bits per heavy atom. The monoisotopic (exact) mass is 399 g/mol. The number of benzene rings is 1. The molecule has 2 N–H and O–H groups in total. The minimum Gasteiger partial charge on any atom is -0.370 e. The van der Waals surface area contributed by atoms with Gasteiger partial charge in [-0.05, 0) is 31.0 Å². The molecule has 0 radical (unpaired) electrons. The Kier molecular flexibility index (Phi) is 5.90. The van der Waals surface area contributed by atoms with Crippen molar-refractivity contribution in [2.75, 3.05) is 36.4 Å². The number of sulfonamides is 1. The van der Waals surface area contributed by atoms with Crippen molar-refractivity contribution in [3.63, 3.8) is 0 Å². The molecule has 0 atom stereocenters. The van der Waals surface area contributed by atoms with Crippen LogP contribution in [-0.4, -0.2) is 44.8 Å². The first-order valence-corrected chi connectivity index (χ1v) is 10.1. The van der Waals surface area contributed by atoms with Gasteiger partial charge in [0.1, 0.15) is 5.82 Å². The highest BCUT2D eigenvalue weighted by Crippen LogP contribution is 2.21. The quantitative estimate of drug-likeness (QED) is 0.694. The lowest BCUT2D eigenvalue weighted by molar-refractivity contribution is 0.582. The summed E-state index contributed by atoms with van der Waals surface area (Å²) in [5.74, 6) is -0.0813. The second-order valence-corrected chi connectivity index (χ2v) is 8.07. The van der Waals surface area contributed by atoms with Gasteiger partial charge < -0.3 is 10.2 Å². The third-order valence-corrected chi connectivity index (χ3v) is 5.78. The van der Waals surface area contributed by atoms with E-state index in [-0.39, 0.29) is 16.5 Å². The fourth-order valence-electron chi connectivity index (χ4n) is 2.69. The van der Waals surface area contributed by atoms with Gasteiger partial charge in [0.05, 0.1) is 21.8 Å². The zero-order valence-electron chi connectivity index (χ0n) is 14.0. The summed E-state index contributed by atoms with van der Waals surface area (Å²) in [7, 11) is -3.76. The average molecular weight is 400 g/mol. The standard InChI is InChI=1S/C16H19ClFN5O2S/c17-14-10-13(3-4-15(14)18)26(24,25)21-6-5-19-16-9-12(11-20-22-16)23-7-1-2-8-23/h3-4,9-11,21H,1-2,5-8H2,(H,19,22). The lowest BCUT2D eigenvalue weighted by Gasteiger charge is -2.17. The predicted octanol–water partition coefficient (Wildman–Crippen LogP) is 2.26. The molecule has 7 nitrogen and oxygen atoms in total. The number of nitrogens with zero attached hydrogens (tertiary/aromatic N) is 3. The summed E-state index contributed by atoms with van der Waals surface area (Å²) >= 11 is 5.63. The summed E-state index contributed by atoms with van der Waals surface area (Å²) in [5, 5.41) is 10.8. The summed E-state index contributed by atoms with van der Waals surface area (Å²) in [5.41, 5.74) is 1.00. The summed E-state index contributed by atoms with van der Waals surface area (Å²) in [4.78, 5) is 2.15. The number of rotatable bonds is 7. The lowest BCUT2D eigenvalue weighted by atomic mass is 10.3. The molecular weight excluding hydrogens is 381 g/mol. The molecule has 0 saturated carbocycles. The second kappa shape index (κ2) is 8.15. The third kappa shape index (κ3) is 4.60. The highest BCUT2D eigenvalue weighted by atomic mass is 35.5. The Bertz CT molecular complexity index is 875. The van der Waals surface area contributed by atoms with Crippen LogP contribution in [0.4, 0.5) is 15.9 Å². The van der Waals surface area contributed by atoms with Gasteiger partial charge in [-0.3, -0.25) is 0 Å². The van der Waals surface area contributed by atoms with E-state index in [4.69, 9.17) is 11.6 Å². The van der Waals surface area contributed by atoms with Crippen LogP contribution in [0, 0.1) is 5.82 Å². The van der Waals surface area contributed by atoms with Gasteiger partial charge in [0.25, 0.3) is 0 Å². The van der Waals surface area contributed by atoms with Gasteiger partial charge in [0, 0.05) is 32.2 Å². The van der Waals surface area contributed by atoms with Gasteiger partial charge in [0.2, 0.25) is 10.0 Å². The maximum Gasteiger partial charge on any atom is 0.240 e. The Morgan fingerprint density at radius 3 is 2.69 bits per heavy atom. The van der Waals surface area contributed by atoms with Crippen LogP contribution in [0.2, 0.25) is 5.02 Å². The van der Waals surface area contributed by atoms with Crippen molar-refractivity contribution in [2.45, 2.75) is 17.7 Å². The van der Waals surface area contributed by atoms with Gasteiger partial charge >= 0.3 is 0 Å². The van der Waals surface area contributed by atoms with E-state index in [1.54, 1.807) is 6.20 Å². The van der Waals surface area contributed by atoms with E-state index in [2.05, 4.69) is 25.1 Å². The minimum absolute atomic E-state index is 0.0836. The SMILES string of the molecule is O=S(=O)(NCCNc1cc(N2CCCC2)cnn1)c1ccc(F)c(Cl)c1. The summed E-state index contributed by atoms with van der Waals surface area (Å²) < 4.78 is 39.9. The molecule has 26 heavy (non-hydrogen) atoms. The zero-order valence-corrected chi connectivity index (χ0v) is 15.5. The molecule has 1 aromatic heterocycles. The number of anilines is 2. The molecule has 1 saturated heterocycles. The normalized spacial score (nSPS) is 14.6. The molecule has 1 aliphatic rings. The van der Waals surface area contributed by atoms with E-state index >= 15 is 0 Å². The fraction of sp³-hybridized carbons (Fsp3) is 0.375. The zero-order chi connectivity index (χ0) is 18.6. The van der Waals surface area contributed by atoms with Crippen LogP contribution < -0.4 is 14.9 Å². The van der Waals surface area contributed by atoms with Crippen molar-refractivity contribution in [3.05, 3.63) is 41.3 Å². The topological polar surface area (TPSA) is 87.2 Å². The molecule has 10 heteroatoms. The smallest absolute Gasteiger partial charge is 0.240 e. The molecule has 3 rings (SSSR count). The molecule has 2 aromatic rings. The molecule has 0 aliphatic carbocycles. The molecule has 1 aliphatic heterocycles. The third-order valence-electron chi connectivity index (χ3n) is 4.04. The molecule has 0 amide bonds. The summed E-state index contributed by atoms with van der Waals surface area (Å²) in [6.45, 7) is 2.47. The molecule has 0 bridgehead atoms. The van der Waals surface area contributed by atoms with E-state index < -0.39 is 15.8 Å². The van der Waals surface area contributed by atoms with Gasteiger partial charge in [-0.2, -0.15) is 5.10 Å². The van der Waals surface area contributed by atoms with Crippen LogP contribution in [0.15, 0.2) is 35.4 Å². The molecule has 1 aromatic carbocycles. The van der Waals surface area contributed by atoms with Crippen LogP contribution in [0.3, 0.4) is 0 Å². The first-order chi connectivity index (χ1) is 12.5. The van der Waals surface area contributed by atoms with Crippen LogP contribution in [0.25, 0.3) is 0 Å². The van der Waals surface area contributed by atoms with E-state index in [0.717, 1.165) is 30.9 Å². The molecule has 2 heterocycles. The second-order valence-electron chi connectivity index (χ2n) is 5.89. The largest absolute Gasteiger partial charge is 0.370 e. The number of aromatic nitrogens is 2. The predicted molar refractivity (Wildman–Crippen MR) is 98.6 cm³/mol. The Balaban J connectivity index is 1.53. The van der Waals surface area contributed by atoms with E-state index in [1.807, 2.05) is 6.07 Å². The first kappa shape index (κ1) is 18.8. The van der Waals surface area contributed by atoms with Crippen LogP contribution in [0.5, 0.6) is 0 Å². The summed E-state index contributed by atoms with van der Waals surface area (Å²) in [6, 6.07) is 5.17. The number of hydrogen-bond donors (Lipinski definition) is 2.